The van der Waals surface area contributed by atoms with E-state index in [-0.39, 0.29) is 0 Å². The Bertz CT molecular complexity index is 126. The molecule has 0 N–H and O–H groups in total. The van der Waals surface area contributed by atoms with E-state index in [2.05, 4.69) is 20.8 Å². The van der Waals surface area contributed by atoms with Gasteiger partial charge in [-0.15, -0.1) is 0 Å². The highest BCUT2D eigenvalue weighted by atomic mass is 14.3. The minimum Gasteiger partial charge on any atom is -0.0628 e. The summed E-state index contributed by atoms with van der Waals surface area (Å²) in [5.74, 6) is 3.01. The summed E-state index contributed by atoms with van der Waals surface area (Å²) in [5, 5.41) is 0. The lowest BCUT2D eigenvalue weighted by atomic mass is 9.91. The molecule has 1 fully saturated rings. The molecule has 0 heteroatoms. The molecule has 1 aliphatic rings. The fourth-order valence-electron chi connectivity index (χ4n) is 2.61. The first-order chi connectivity index (χ1) is 6.20. The molecule has 1 saturated carbocycles. The maximum absolute atomic E-state index is 2.44. The lowest BCUT2D eigenvalue weighted by Crippen LogP contribution is -2.03. The first-order valence-electron chi connectivity index (χ1n) is 6.20. The molecule has 0 spiro atoms. The Morgan fingerprint density at radius 2 is 1.92 bits per heavy atom. The van der Waals surface area contributed by atoms with Crippen molar-refractivity contribution in [1.82, 2.24) is 0 Å². The SMILES string of the molecule is CC(C)CCCCC1CCCC1C. The van der Waals surface area contributed by atoms with Crippen molar-refractivity contribution in [3.63, 3.8) is 0 Å². The molecular formula is C13H26. The van der Waals surface area contributed by atoms with E-state index in [1.165, 1.54) is 44.9 Å². The highest BCUT2D eigenvalue weighted by molar-refractivity contribution is 4.73. The monoisotopic (exact) mass is 182 g/mol. The van der Waals surface area contributed by atoms with E-state index < -0.39 is 0 Å². The van der Waals surface area contributed by atoms with Crippen LogP contribution in [0, 0.1) is 17.8 Å². The number of rotatable bonds is 5. The molecule has 0 heterocycles. The molecule has 2 unspecified atom stereocenters. The Kier molecular flexibility index (Phi) is 4.83. The molecular weight excluding hydrogens is 156 g/mol. The second-order valence-corrected chi connectivity index (χ2v) is 5.35. The highest BCUT2D eigenvalue weighted by Crippen LogP contribution is 2.34. The van der Waals surface area contributed by atoms with E-state index in [0.717, 1.165) is 17.8 Å². The van der Waals surface area contributed by atoms with Gasteiger partial charge in [-0.25, -0.2) is 0 Å². The van der Waals surface area contributed by atoms with Gasteiger partial charge in [0.15, 0.2) is 0 Å². The molecule has 0 aromatic heterocycles. The quantitative estimate of drug-likeness (QED) is 0.543. The summed E-state index contributed by atoms with van der Waals surface area (Å²) in [7, 11) is 0. The summed E-state index contributed by atoms with van der Waals surface area (Å²) >= 11 is 0. The van der Waals surface area contributed by atoms with Gasteiger partial charge in [0.1, 0.15) is 0 Å². The molecule has 0 aromatic carbocycles. The summed E-state index contributed by atoms with van der Waals surface area (Å²) < 4.78 is 0. The number of hydrogen-bond donors (Lipinski definition) is 0. The van der Waals surface area contributed by atoms with Gasteiger partial charge < -0.3 is 0 Å². The maximum Gasteiger partial charge on any atom is -0.0388 e. The van der Waals surface area contributed by atoms with E-state index in [4.69, 9.17) is 0 Å². The predicted molar refractivity (Wildman–Crippen MR) is 59.8 cm³/mol. The van der Waals surface area contributed by atoms with Crippen molar-refractivity contribution >= 4 is 0 Å². The van der Waals surface area contributed by atoms with Crippen LogP contribution < -0.4 is 0 Å². The van der Waals surface area contributed by atoms with Crippen molar-refractivity contribution in [2.24, 2.45) is 17.8 Å². The lowest BCUT2D eigenvalue weighted by Gasteiger charge is -2.14. The van der Waals surface area contributed by atoms with Crippen LogP contribution in [0.15, 0.2) is 0 Å². The fourth-order valence-corrected chi connectivity index (χ4v) is 2.61. The molecule has 0 aliphatic heterocycles. The molecule has 0 nitrogen and oxygen atoms in total. The summed E-state index contributed by atoms with van der Waals surface area (Å²) in [6, 6.07) is 0. The number of unbranched alkanes of at least 4 members (excludes halogenated alkanes) is 1. The average molecular weight is 182 g/mol. The molecule has 0 amide bonds. The van der Waals surface area contributed by atoms with Crippen LogP contribution in [0.2, 0.25) is 0 Å². The minimum atomic E-state index is 0.904. The fraction of sp³-hybridized carbons (Fsp3) is 1.00. The van der Waals surface area contributed by atoms with Crippen molar-refractivity contribution in [3.05, 3.63) is 0 Å². The summed E-state index contributed by atoms with van der Waals surface area (Å²) in [6.45, 7) is 7.11. The third-order valence-corrected chi connectivity index (χ3v) is 3.65. The zero-order valence-corrected chi connectivity index (χ0v) is 9.68. The van der Waals surface area contributed by atoms with Gasteiger partial charge in [-0.2, -0.15) is 0 Å². The summed E-state index contributed by atoms with van der Waals surface area (Å²) in [5.41, 5.74) is 0. The summed E-state index contributed by atoms with van der Waals surface area (Å²) in [4.78, 5) is 0. The third kappa shape index (κ3) is 4.15. The Balaban J connectivity index is 1.99. The van der Waals surface area contributed by atoms with Gasteiger partial charge >= 0.3 is 0 Å². The van der Waals surface area contributed by atoms with Gasteiger partial charge in [-0.1, -0.05) is 65.7 Å². The topological polar surface area (TPSA) is 0 Å². The second kappa shape index (κ2) is 5.67. The van der Waals surface area contributed by atoms with Crippen LogP contribution in [-0.4, -0.2) is 0 Å². The van der Waals surface area contributed by atoms with E-state index in [1.54, 1.807) is 0 Å². The normalized spacial score (nSPS) is 28.6. The Morgan fingerprint density at radius 1 is 1.15 bits per heavy atom. The van der Waals surface area contributed by atoms with Gasteiger partial charge in [0.2, 0.25) is 0 Å². The molecule has 2 atom stereocenters. The number of hydrogen-bond acceptors (Lipinski definition) is 0. The Hall–Kier alpha value is 0. The molecule has 78 valence electrons. The average Bonchev–Trinajstić information content (AvgIpc) is 2.45. The van der Waals surface area contributed by atoms with Crippen molar-refractivity contribution < 1.29 is 0 Å². The highest BCUT2D eigenvalue weighted by Gasteiger charge is 2.22. The standard InChI is InChI=1S/C13H26/c1-11(2)7-4-5-9-13-10-6-8-12(13)3/h11-13H,4-10H2,1-3H3. The first-order valence-corrected chi connectivity index (χ1v) is 6.20. The van der Waals surface area contributed by atoms with Crippen molar-refractivity contribution in [2.45, 2.75) is 65.7 Å². The van der Waals surface area contributed by atoms with Crippen LogP contribution in [0.5, 0.6) is 0 Å². The van der Waals surface area contributed by atoms with Gasteiger partial charge in [0, 0.05) is 0 Å². The van der Waals surface area contributed by atoms with Gasteiger partial charge in [0.05, 0.1) is 0 Å². The zero-order chi connectivity index (χ0) is 9.68. The van der Waals surface area contributed by atoms with Gasteiger partial charge in [-0.05, 0) is 17.8 Å². The van der Waals surface area contributed by atoms with Crippen LogP contribution >= 0.6 is 0 Å². The largest absolute Gasteiger partial charge is 0.0628 e. The van der Waals surface area contributed by atoms with Gasteiger partial charge in [-0.3, -0.25) is 0 Å². The lowest BCUT2D eigenvalue weighted by molar-refractivity contribution is 0.369. The van der Waals surface area contributed by atoms with Crippen molar-refractivity contribution in [3.8, 4) is 0 Å². The molecule has 0 saturated heterocycles. The second-order valence-electron chi connectivity index (χ2n) is 5.35. The van der Waals surface area contributed by atoms with E-state index >= 15 is 0 Å². The third-order valence-electron chi connectivity index (χ3n) is 3.65. The van der Waals surface area contributed by atoms with Crippen LogP contribution in [0.25, 0.3) is 0 Å². The van der Waals surface area contributed by atoms with E-state index in [9.17, 15) is 0 Å². The molecule has 0 radical (unpaired) electrons. The minimum absolute atomic E-state index is 0.904. The van der Waals surface area contributed by atoms with Crippen molar-refractivity contribution in [2.75, 3.05) is 0 Å². The zero-order valence-electron chi connectivity index (χ0n) is 9.68. The smallest absolute Gasteiger partial charge is 0.0388 e. The van der Waals surface area contributed by atoms with Gasteiger partial charge in [0.25, 0.3) is 0 Å². The van der Waals surface area contributed by atoms with E-state index in [1.807, 2.05) is 0 Å². The van der Waals surface area contributed by atoms with Crippen LogP contribution in [0.3, 0.4) is 0 Å². The summed E-state index contributed by atoms with van der Waals surface area (Å²) in [6.07, 6.45) is 10.4. The van der Waals surface area contributed by atoms with Crippen LogP contribution in [-0.2, 0) is 0 Å². The Labute approximate surface area is 84.1 Å². The Morgan fingerprint density at radius 3 is 2.46 bits per heavy atom. The van der Waals surface area contributed by atoms with Crippen molar-refractivity contribution in [1.29, 1.82) is 0 Å². The molecule has 1 aliphatic carbocycles. The van der Waals surface area contributed by atoms with Crippen LogP contribution in [0.1, 0.15) is 65.7 Å². The molecule has 13 heavy (non-hydrogen) atoms. The van der Waals surface area contributed by atoms with Crippen LogP contribution in [0.4, 0.5) is 0 Å². The first kappa shape index (κ1) is 11.1. The molecule has 1 rings (SSSR count). The molecule has 0 aromatic rings. The van der Waals surface area contributed by atoms with E-state index in [0.29, 0.717) is 0 Å². The predicted octanol–water partition coefficient (Wildman–Crippen LogP) is 4.64. The maximum atomic E-state index is 2.44. The molecule has 0 bridgehead atoms.